The molecule has 0 radical (unpaired) electrons. The van der Waals surface area contributed by atoms with Crippen LogP contribution in [0.25, 0.3) is 0 Å². The zero-order valence-corrected chi connectivity index (χ0v) is 14.4. The predicted molar refractivity (Wildman–Crippen MR) is 91.5 cm³/mol. The molecule has 3 rings (SSSR count). The number of nitrogens with zero attached hydrogens (tertiary/aromatic N) is 2. The molecular weight excluding hydrogens is 339 g/mol. The third kappa shape index (κ3) is 3.88. The van der Waals surface area contributed by atoms with E-state index >= 15 is 0 Å². The van der Waals surface area contributed by atoms with Crippen LogP contribution in [0.5, 0.6) is 5.75 Å². The molecular formula is C15H20Cl2N4O2. The molecule has 126 valence electrons. The van der Waals surface area contributed by atoms with E-state index in [1.807, 2.05) is 12.1 Å². The van der Waals surface area contributed by atoms with Gasteiger partial charge in [-0.05, 0) is 37.5 Å². The molecule has 23 heavy (non-hydrogen) atoms. The first-order valence-corrected chi connectivity index (χ1v) is 7.68. The minimum Gasteiger partial charge on any atom is -0.495 e. The van der Waals surface area contributed by atoms with Crippen LogP contribution in [-0.4, -0.2) is 23.8 Å². The fourth-order valence-electron chi connectivity index (χ4n) is 2.46. The number of hydrogen-bond donors (Lipinski definition) is 2. The Labute approximate surface area is 146 Å². The van der Waals surface area contributed by atoms with Crippen LogP contribution >= 0.6 is 24.0 Å². The molecule has 8 heteroatoms. The summed E-state index contributed by atoms with van der Waals surface area (Å²) in [5, 5.41) is 7.91. The summed E-state index contributed by atoms with van der Waals surface area (Å²) in [6.45, 7) is 0.635. The highest BCUT2D eigenvalue weighted by Gasteiger charge is 2.38. The Balaban J connectivity index is 0.00000192. The molecule has 0 aliphatic heterocycles. The van der Waals surface area contributed by atoms with Gasteiger partial charge in [0.2, 0.25) is 5.89 Å². The van der Waals surface area contributed by atoms with Crippen LogP contribution in [0.15, 0.2) is 22.7 Å². The number of hydrogen-bond acceptors (Lipinski definition) is 6. The van der Waals surface area contributed by atoms with Gasteiger partial charge in [0.05, 0.1) is 18.3 Å². The molecule has 1 aromatic heterocycles. The summed E-state index contributed by atoms with van der Waals surface area (Å²) in [5.74, 6) is 1.94. The summed E-state index contributed by atoms with van der Waals surface area (Å²) in [6.07, 6.45) is 3.57. The predicted octanol–water partition coefficient (Wildman–Crippen LogP) is 3.15. The zero-order valence-electron chi connectivity index (χ0n) is 12.8. The molecule has 2 aromatic rings. The van der Waals surface area contributed by atoms with Crippen molar-refractivity contribution in [1.29, 1.82) is 0 Å². The van der Waals surface area contributed by atoms with Crippen molar-refractivity contribution >= 4 is 29.7 Å². The molecule has 0 atom stereocenters. The Morgan fingerprint density at radius 2 is 2.22 bits per heavy atom. The van der Waals surface area contributed by atoms with Crippen LogP contribution < -0.4 is 15.8 Å². The lowest BCUT2D eigenvalue weighted by Gasteiger charge is -2.34. The molecule has 1 fully saturated rings. The Morgan fingerprint density at radius 3 is 2.87 bits per heavy atom. The molecule has 6 nitrogen and oxygen atoms in total. The van der Waals surface area contributed by atoms with Crippen LogP contribution in [0.1, 0.15) is 31.0 Å². The molecule has 1 aliphatic rings. The molecule has 0 amide bonds. The lowest BCUT2D eigenvalue weighted by Crippen LogP contribution is -2.44. The fourth-order valence-corrected chi connectivity index (χ4v) is 2.63. The van der Waals surface area contributed by atoms with Gasteiger partial charge in [-0.1, -0.05) is 16.8 Å². The van der Waals surface area contributed by atoms with E-state index in [0.717, 1.165) is 30.7 Å². The Morgan fingerprint density at radius 1 is 1.43 bits per heavy atom. The maximum Gasteiger partial charge on any atom is 0.228 e. The highest BCUT2D eigenvalue weighted by molar-refractivity contribution is 6.30. The molecule has 1 heterocycles. The van der Waals surface area contributed by atoms with Crippen LogP contribution in [0.2, 0.25) is 5.02 Å². The average molecular weight is 359 g/mol. The van der Waals surface area contributed by atoms with Crippen molar-refractivity contribution in [1.82, 2.24) is 10.1 Å². The highest BCUT2D eigenvalue weighted by atomic mass is 35.5. The molecule has 1 saturated carbocycles. The van der Waals surface area contributed by atoms with Crippen LogP contribution in [0, 0.1) is 0 Å². The van der Waals surface area contributed by atoms with Gasteiger partial charge in [0, 0.05) is 18.0 Å². The van der Waals surface area contributed by atoms with E-state index in [0.29, 0.717) is 29.7 Å². The van der Waals surface area contributed by atoms with E-state index in [9.17, 15) is 0 Å². The molecule has 3 N–H and O–H groups in total. The summed E-state index contributed by atoms with van der Waals surface area (Å²) in [5.41, 5.74) is 6.63. The lowest BCUT2D eigenvalue weighted by molar-refractivity contribution is 0.229. The number of ether oxygens (including phenoxy) is 1. The maximum atomic E-state index is 6.18. The van der Waals surface area contributed by atoms with Crippen molar-refractivity contribution in [3.05, 3.63) is 34.9 Å². The summed E-state index contributed by atoms with van der Waals surface area (Å²) in [7, 11) is 1.62. The maximum absolute atomic E-state index is 6.18. The number of aromatic nitrogens is 2. The largest absolute Gasteiger partial charge is 0.495 e. The lowest BCUT2D eigenvalue weighted by atomic mass is 9.77. The molecule has 1 aliphatic carbocycles. The van der Waals surface area contributed by atoms with Crippen LogP contribution in [0.4, 0.5) is 5.69 Å². The van der Waals surface area contributed by atoms with E-state index in [1.165, 1.54) is 0 Å². The first-order chi connectivity index (χ1) is 10.6. The zero-order chi connectivity index (χ0) is 15.6. The van der Waals surface area contributed by atoms with Gasteiger partial charge in [-0.2, -0.15) is 4.98 Å². The highest BCUT2D eigenvalue weighted by Crippen LogP contribution is 2.36. The monoisotopic (exact) mass is 358 g/mol. The van der Waals surface area contributed by atoms with Gasteiger partial charge in [-0.25, -0.2) is 0 Å². The second-order valence-corrected chi connectivity index (χ2v) is 5.98. The van der Waals surface area contributed by atoms with Crippen molar-refractivity contribution in [3.63, 3.8) is 0 Å². The van der Waals surface area contributed by atoms with Gasteiger partial charge in [0.25, 0.3) is 0 Å². The van der Waals surface area contributed by atoms with Gasteiger partial charge < -0.3 is 20.3 Å². The quantitative estimate of drug-likeness (QED) is 0.824. The molecule has 0 bridgehead atoms. The minimum absolute atomic E-state index is 0. The SMILES string of the molecule is COc1ccc(Cl)cc1NCCc1nc(C2(N)CCC2)no1.Cl. The van der Waals surface area contributed by atoms with Gasteiger partial charge in [0.15, 0.2) is 5.82 Å². The molecule has 0 spiro atoms. The summed E-state index contributed by atoms with van der Waals surface area (Å²) >= 11 is 6.00. The number of rotatable bonds is 6. The molecule has 0 unspecified atom stereocenters. The normalized spacial score (nSPS) is 15.4. The second kappa shape index (κ2) is 7.38. The van der Waals surface area contributed by atoms with E-state index in [-0.39, 0.29) is 17.9 Å². The molecule has 1 aromatic carbocycles. The van der Waals surface area contributed by atoms with Gasteiger partial charge in [0.1, 0.15) is 5.75 Å². The van der Waals surface area contributed by atoms with Gasteiger partial charge >= 0.3 is 0 Å². The van der Waals surface area contributed by atoms with E-state index in [1.54, 1.807) is 13.2 Å². The molecule has 0 saturated heterocycles. The summed E-state index contributed by atoms with van der Waals surface area (Å²) in [4.78, 5) is 4.40. The smallest absolute Gasteiger partial charge is 0.228 e. The summed E-state index contributed by atoms with van der Waals surface area (Å²) < 4.78 is 10.6. The second-order valence-electron chi connectivity index (χ2n) is 5.54. The Kier molecular flexibility index (Phi) is 5.73. The number of benzene rings is 1. The number of halogens is 2. The van der Waals surface area contributed by atoms with Crippen LogP contribution in [-0.2, 0) is 12.0 Å². The standard InChI is InChI=1S/C15H19ClN4O2.ClH/c1-21-12-4-3-10(16)9-11(12)18-8-5-13-19-14(20-22-13)15(17)6-2-7-15;/h3-4,9,18H,2,5-8,17H2,1H3;1H. The van der Waals surface area contributed by atoms with E-state index < -0.39 is 0 Å². The first-order valence-electron chi connectivity index (χ1n) is 7.30. The Hall–Kier alpha value is -1.50. The first kappa shape index (κ1) is 17.8. The van der Waals surface area contributed by atoms with Gasteiger partial charge in [-0.3, -0.25) is 0 Å². The van der Waals surface area contributed by atoms with Crippen LogP contribution in [0.3, 0.4) is 0 Å². The fraction of sp³-hybridized carbons (Fsp3) is 0.467. The number of methoxy groups -OCH3 is 1. The van der Waals surface area contributed by atoms with Crippen molar-refractivity contribution in [2.24, 2.45) is 5.73 Å². The van der Waals surface area contributed by atoms with E-state index in [2.05, 4.69) is 15.5 Å². The summed E-state index contributed by atoms with van der Waals surface area (Å²) in [6, 6.07) is 5.43. The number of anilines is 1. The Bertz CT molecular complexity index is 659. The van der Waals surface area contributed by atoms with E-state index in [4.69, 9.17) is 26.6 Å². The third-order valence-corrected chi connectivity index (χ3v) is 4.21. The van der Waals surface area contributed by atoms with Gasteiger partial charge in [-0.15, -0.1) is 12.4 Å². The topological polar surface area (TPSA) is 86.2 Å². The van der Waals surface area contributed by atoms with Crippen molar-refractivity contribution in [2.45, 2.75) is 31.2 Å². The van der Waals surface area contributed by atoms with Crippen molar-refractivity contribution in [2.75, 3.05) is 19.0 Å². The minimum atomic E-state index is -0.384. The number of nitrogens with one attached hydrogen (secondary N) is 1. The number of nitrogens with two attached hydrogens (primary N) is 1. The van der Waals surface area contributed by atoms with Crippen molar-refractivity contribution < 1.29 is 9.26 Å². The third-order valence-electron chi connectivity index (χ3n) is 3.98. The van der Waals surface area contributed by atoms with Crippen molar-refractivity contribution in [3.8, 4) is 5.75 Å². The average Bonchev–Trinajstić information content (AvgIpc) is 2.94.